The molecular formula is C6H9NOS2. The van der Waals surface area contributed by atoms with E-state index in [1.165, 1.54) is 4.88 Å². The first-order valence-corrected chi connectivity index (χ1v) is 5.32. The van der Waals surface area contributed by atoms with Gasteiger partial charge in [0.05, 0.1) is 6.54 Å². The zero-order valence-electron chi connectivity index (χ0n) is 5.66. The van der Waals surface area contributed by atoms with E-state index in [1.54, 1.807) is 17.6 Å². The first kappa shape index (κ1) is 8.07. The van der Waals surface area contributed by atoms with Gasteiger partial charge in [0.2, 0.25) is 0 Å². The largest absolute Gasteiger partial charge is 0.598 e. The topological polar surface area (TPSA) is 35.1 Å². The van der Waals surface area contributed by atoms with Crippen LogP contribution in [0.15, 0.2) is 17.5 Å². The van der Waals surface area contributed by atoms with E-state index < -0.39 is 11.4 Å². The highest BCUT2D eigenvalue weighted by Crippen LogP contribution is 2.07. The van der Waals surface area contributed by atoms with Gasteiger partial charge in [-0.2, -0.15) is 0 Å². The van der Waals surface area contributed by atoms with Crippen LogP contribution in [0.1, 0.15) is 4.88 Å². The molecule has 1 rings (SSSR count). The predicted molar refractivity (Wildman–Crippen MR) is 45.2 cm³/mol. The lowest BCUT2D eigenvalue weighted by Crippen LogP contribution is -2.20. The monoisotopic (exact) mass is 175 g/mol. The Hall–Kier alpha value is -0.0300. The summed E-state index contributed by atoms with van der Waals surface area (Å²) in [7, 11) is 0. The molecule has 0 aliphatic carbocycles. The van der Waals surface area contributed by atoms with Crippen molar-refractivity contribution in [2.24, 2.45) is 0 Å². The molecule has 0 saturated heterocycles. The molecule has 0 aliphatic rings. The van der Waals surface area contributed by atoms with Gasteiger partial charge >= 0.3 is 0 Å². The van der Waals surface area contributed by atoms with E-state index in [-0.39, 0.29) is 0 Å². The van der Waals surface area contributed by atoms with Crippen molar-refractivity contribution in [2.45, 2.75) is 6.54 Å². The summed E-state index contributed by atoms with van der Waals surface area (Å²) in [6.07, 6.45) is 1.63. The first-order chi connectivity index (χ1) is 4.79. The third kappa shape index (κ3) is 2.70. The number of hydrogen-bond acceptors (Lipinski definition) is 3. The molecule has 0 aromatic carbocycles. The van der Waals surface area contributed by atoms with Crippen LogP contribution in [0, 0.1) is 0 Å². The molecule has 1 atom stereocenters. The molecule has 56 valence electrons. The summed E-state index contributed by atoms with van der Waals surface area (Å²) in [6.45, 7) is 0.709. The standard InChI is InChI=1S/C6H9NOS2/c1-10(8)7-5-6-3-2-4-9-6/h2-4,7H,5H2,1H3. The van der Waals surface area contributed by atoms with Crippen molar-refractivity contribution in [1.82, 2.24) is 4.72 Å². The molecule has 0 aliphatic heterocycles. The lowest BCUT2D eigenvalue weighted by molar-refractivity contribution is 0.587. The van der Waals surface area contributed by atoms with Gasteiger partial charge in [-0.3, -0.25) is 0 Å². The summed E-state index contributed by atoms with van der Waals surface area (Å²) in [5, 5.41) is 2.01. The Kier molecular flexibility index (Phi) is 3.21. The maximum atomic E-state index is 10.5. The molecule has 1 N–H and O–H groups in total. The molecule has 0 fully saturated rings. The first-order valence-electron chi connectivity index (χ1n) is 2.88. The van der Waals surface area contributed by atoms with Crippen LogP contribution in [-0.4, -0.2) is 10.8 Å². The Morgan fingerprint density at radius 2 is 2.60 bits per heavy atom. The normalized spacial score (nSPS) is 13.4. The lowest BCUT2D eigenvalue weighted by atomic mass is 10.5. The second-order valence-electron chi connectivity index (χ2n) is 1.85. The number of hydrogen-bond donors (Lipinski definition) is 1. The fourth-order valence-electron chi connectivity index (χ4n) is 0.586. The van der Waals surface area contributed by atoms with Crippen molar-refractivity contribution >= 4 is 22.7 Å². The fourth-order valence-corrected chi connectivity index (χ4v) is 1.68. The summed E-state index contributed by atoms with van der Waals surface area (Å²) in [6, 6.07) is 4.00. The van der Waals surface area contributed by atoms with Gasteiger partial charge in [-0.25, -0.2) is 0 Å². The number of rotatable bonds is 3. The van der Waals surface area contributed by atoms with E-state index in [1.807, 2.05) is 17.5 Å². The van der Waals surface area contributed by atoms with Crippen LogP contribution in [0.2, 0.25) is 0 Å². The van der Waals surface area contributed by atoms with Gasteiger partial charge in [-0.15, -0.1) is 16.1 Å². The fraction of sp³-hybridized carbons (Fsp3) is 0.333. The lowest BCUT2D eigenvalue weighted by Gasteiger charge is -2.02. The van der Waals surface area contributed by atoms with E-state index in [4.69, 9.17) is 0 Å². The highest BCUT2D eigenvalue weighted by Gasteiger charge is 1.96. The molecule has 0 radical (unpaired) electrons. The Bertz CT molecular complexity index is 174. The van der Waals surface area contributed by atoms with Gasteiger partial charge in [-0.05, 0) is 11.4 Å². The smallest absolute Gasteiger partial charge is 0.115 e. The number of nitrogens with one attached hydrogen (secondary N) is 1. The summed E-state index contributed by atoms with van der Waals surface area (Å²) in [4.78, 5) is 1.22. The quantitative estimate of drug-likeness (QED) is 0.699. The summed E-state index contributed by atoms with van der Waals surface area (Å²) < 4.78 is 13.4. The Morgan fingerprint density at radius 1 is 1.80 bits per heavy atom. The van der Waals surface area contributed by atoms with Crippen LogP contribution in [-0.2, 0) is 17.9 Å². The van der Waals surface area contributed by atoms with Crippen LogP contribution in [0.3, 0.4) is 0 Å². The van der Waals surface area contributed by atoms with Gasteiger partial charge in [0.1, 0.15) is 6.26 Å². The van der Waals surface area contributed by atoms with Crippen molar-refractivity contribution in [3.63, 3.8) is 0 Å². The highest BCUT2D eigenvalue weighted by atomic mass is 32.2. The van der Waals surface area contributed by atoms with Gasteiger partial charge in [0.25, 0.3) is 0 Å². The average molecular weight is 175 g/mol. The maximum absolute atomic E-state index is 10.5. The van der Waals surface area contributed by atoms with Crippen LogP contribution < -0.4 is 4.72 Å². The third-order valence-electron chi connectivity index (χ3n) is 1.03. The van der Waals surface area contributed by atoms with E-state index >= 15 is 0 Å². The van der Waals surface area contributed by atoms with Crippen LogP contribution >= 0.6 is 11.3 Å². The van der Waals surface area contributed by atoms with Crippen molar-refractivity contribution in [1.29, 1.82) is 0 Å². The van der Waals surface area contributed by atoms with Crippen molar-refractivity contribution in [3.05, 3.63) is 22.4 Å². The van der Waals surface area contributed by atoms with Gasteiger partial charge in [-0.1, -0.05) is 6.07 Å². The SMILES string of the molecule is C[S+]([O-])NCc1cccs1. The molecule has 0 amide bonds. The van der Waals surface area contributed by atoms with Gasteiger partial charge < -0.3 is 4.55 Å². The molecule has 1 aromatic rings. The second kappa shape index (κ2) is 3.98. The zero-order chi connectivity index (χ0) is 7.40. The minimum absolute atomic E-state index is 0.709. The van der Waals surface area contributed by atoms with Gasteiger partial charge in [0, 0.05) is 16.2 Å². The van der Waals surface area contributed by atoms with E-state index in [0.717, 1.165) is 0 Å². The minimum Gasteiger partial charge on any atom is -0.598 e. The molecule has 0 spiro atoms. The summed E-state index contributed by atoms with van der Waals surface area (Å²) in [5.74, 6) is 0. The minimum atomic E-state index is -0.894. The van der Waals surface area contributed by atoms with Crippen molar-refractivity contribution < 1.29 is 4.55 Å². The van der Waals surface area contributed by atoms with Crippen LogP contribution in [0.25, 0.3) is 0 Å². The molecule has 4 heteroatoms. The molecule has 0 bridgehead atoms. The predicted octanol–water partition coefficient (Wildman–Crippen LogP) is 1.13. The van der Waals surface area contributed by atoms with E-state index in [9.17, 15) is 4.55 Å². The van der Waals surface area contributed by atoms with Crippen molar-refractivity contribution in [3.8, 4) is 0 Å². The Balaban J connectivity index is 2.28. The van der Waals surface area contributed by atoms with Crippen molar-refractivity contribution in [2.75, 3.05) is 6.26 Å². The molecule has 10 heavy (non-hydrogen) atoms. The average Bonchev–Trinajstić information content (AvgIpc) is 2.34. The van der Waals surface area contributed by atoms with E-state index in [2.05, 4.69) is 4.72 Å². The second-order valence-corrected chi connectivity index (χ2v) is 4.08. The molecule has 0 saturated carbocycles. The third-order valence-corrected chi connectivity index (χ3v) is 2.46. The molecule has 1 heterocycles. The maximum Gasteiger partial charge on any atom is 0.115 e. The molecule has 2 nitrogen and oxygen atoms in total. The Morgan fingerprint density at radius 3 is 3.10 bits per heavy atom. The zero-order valence-corrected chi connectivity index (χ0v) is 7.30. The van der Waals surface area contributed by atoms with Gasteiger partial charge in [0.15, 0.2) is 0 Å². The molecular weight excluding hydrogens is 166 g/mol. The van der Waals surface area contributed by atoms with Crippen LogP contribution in [0.5, 0.6) is 0 Å². The molecule has 1 aromatic heterocycles. The number of thiophene rings is 1. The molecule has 1 unspecified atom stereocenters. The summed E-state index contributed by atoms with van der Waals surface area (Å²) in [5.41, 5.74) is 0. The highest BCUT2D eigenvalue weighted by molar-refractivity contribution is 7.88. The Labute approximate surface area is 67.6 Å². The van der Waals surface area contributed by atoms with Crippen LogP contribution in [0.4, 0.5) is 0 Å². The summed E-state index contributed by atoms with van der Waals surface area (Å²) >= 11 is 0.774. The van der Waals surface area contributed by atoms with E-state index in [0.29, 0.717) is 6.54 Å².